The highest BCUT2D eigenvalue weighted by atomic mass is 35.5. The van der Waals surface area contributed by atoms with Gasteiger partial charge in [-0.1, -0.05) is 31.0 Å². The Morgan fingerprint density at radius 2 is 2.00 bits per heavy atom. The predicted molar refractivity (Wildman–Crippen MR) is 122 cm³/mol. The van der Waals surface area contributed by atoms with Crippen molar-refractivity contribution in [2.45, 2.75) is 51.1 Å². The van der Waals surface area contributed by atoms with Crippen LogP contribution in [0.3, 0.4) is 0 Å². The van der Waals surface area contributed by atoms with Crippen molar-refractivity contribution in [1.82, 2.24) is 15.2 Å². The second-order valence-electron chi connectivity index (χ2n) is 7.49. The van der Waals surface area contributed by atoms with Gasteiger partial charge in [0.15, 0.2) is 0 Å². The minimum atomic E-state index is -0.680. The molecule has 0 unspecified atom stereocenters. The van der Waals surface area contributed by atoms with Gasteiger partial charge in [-0.05, 0) is 55.4 Å². The van der Waals surface area contributed by atoms with Crippen molar-refractivity contribution < 1.29 is 19.1 Å². The van der Waals surface area contributed by atoms with Crippen molar-refractivity contribution in [3.8, 4) is 0 Å². The fourth-order valence-corrected chi connectivity index (χ4v) is 4.54. The van der Waals surface area contributed by atoms with Crippen LogP contribution in [0.25, 0.3) is 0 Å². The maximum atomic E-state index is 13.0. The molecule has 0 bridgehead atoms. The lowest BCUT2D eigenvalue weighted by molar-refractivity contribution is 0.0876. The zero-order valence-electron chi connectivity index (χ0n) is 18.3. The van der Waals surface area contributed by atoms with E-state index in [1.165, 1.54) is 29.8 Å². The number of rotatable bonds is 6. The highest BCUT2D eigenvalue weighted by molar-refractivity contribution is 6.25. The SMILES string of the molecule is CCc1c(C(=O)NCC(/C=C/Cl)=C/C=C/F)cc(=O)n2c1C(=O)NC21CCCCC1.CO. The number of fused-ring (bicyclic) bond motifs is 2. The van der Waals surface area contributed by atoms with Crippen LogP contribution in [0.15, 0.2) is 46.5 Å². The van der Waals surface area contributed by atoms with Crippen LogP contribution >= 0.6 is 11.6 Å². The molecule has 1 aliphatic heterocycles. The van der Waals surface area contributed by atoms with Crippen molar-refractivity contribution >= 4 is 23.4 Å². The Bertz CT molecular complexity index is 992. The number of carbonyl (C=O) groups excluding carboxylic acids is 2. The molecule has 32 heavy (non-hydrogen) atoms. The average molecular weight is 466 g/mol. The van der Waals surface area contributed by atoms with Gasteiger partial charge in [0.2, 0.25) is 0 Å². The van der Waals surface area contributed by atoms with E-state index < -0.39 is 11.6 Å². The molecule has 1 aliphatic carbocycles. The van der Waals surface area contributed by atoms with Gasteiger partial charge in [0.25, 0.3) is 17.4 Å². The van der Waals surface area contributed by atoms with E-state index in [0.717, 1.165) is 26.4 Å². The number of halogens is 2. The lowest BCUT2D eigenvalue weighted by Gasteiger charge is -2.35. The molecule has 174 valence electrons. The van der Waals surface area contributed by atoms with Crippen molar-refractivity contribution in [3.05, 3.63) is 68.9 Å². The summed E-state index contributed by atoms with van der Waals surface area (Å²) in [6.45, 7) is 1.94. The first kappa shape index (κ1) is 25.5. The maximum Gasteiger partial charge on any atom is 0.270 e. The van der Waals surface area contributed by atoms with E-state index in [2.05, 4.69) is 10.6 Å². The summed E-state index contributed by atoms with van der Waals surface area (Å²) in [5, 5.41) is 12.7. The zero-order valence-corrected chi connectivity index (χ0v) is 19.0. The minimum absolute atomic E-state index is 0.0874. The number of aromatic nitrogens is 1. The molecular weight excluding hydrogens is 437 g/mol. The second kappa shape index (κ2) is 11.8. The van der Waals surface area contributed by atoms with Crippen LogP contribution in [0.4, 0.5) is 4.39 Å². The Labute approximate surface area is 191 Å². The van der Waals surface area contributed by atoms with Gasteiger partial charge < -0.3 is 15.7 Å². The molecule has 2 aliphatic rings. The van der Waals surface area contributed by atoms with E-state index in [0.29, 0.717) is 36.7 Å². The van der Waals surface area contributed by atoms with E-state index in [4.69, 9.17) is 16.7 Å². The molecule has 1 saturated carbocycles. The molecule has 0 saturated heterocycles. The number of amides is 2. The number of aliphatic hydroxyl groups excluding tert-OH is 1. The number of hydrogen-bond donors (Lipinski definition) is 3. The highest BCUT2D eigenvalue weighted by Gasteiger charge is 2.45. The molecule has 0 atom stereocenters. The number of carbonyl (C=O) groups is 2. The summed E-state index contributed by atoms with van der Waals surface area (Å²) < 4.78 is 13.8. The van der Waals surface area contributed by atoms with Crippen LogP contribution < -0.4 is 16.2 Å². The molecule has 2 heterocycles. The molecule has 1 fully saturated rings. The van der Waals surface area contributed by atoms with Gasteiger partial charge in [-0.2, -0.15) is 0 Å². The van der Waals surface area contributed by atoms with Gasteiger partial charge in [-0.25, -0.2) is 4.39 Å². The lowest BCUT2D eigenvalue weighted by Crippen LogP contribution is -2.48. The zero-order chi connectivity index (χ0) is 23.7. The summed E-state index contributed by atoms with van der Waals surface area (Å²) in [5.74, 6) is -0.776. The molecule has 9 heteroatoms. The summed E-state index contributed by atoms with van der Waals surface area (Å²) in [5.41, 5.74) is 1.82. The monoisotopic (exact) mass is 465 g/mol. The van der Waals surface area contributed by atoms with Crippen molar-refractivity contribution in [3.63, 3.8) is 0 Å². The molecule has 2 amide bonds. The van der Waals surface area contributed by atoms with Gasteiger partial charge in [0.05, 0.1) is 11.9 Å². The molecule has 1 aromatic rings. The average Bonchev–Trinajstić information content (AvgIpc) is 3.09. The normalized spacial score (nSPS) is 17.3. The Morgan fingerprint density at radius 1 is 1.31 bits per heavy atom. The van der Waals surface area contributed by atoms with Crippen LogP contribution in [0.2, 0.25) is 0 Å². The van der Waals surface area contributed by atoms with Gasteiger partial charge >= 0.3 is 0 Å². The first-order valence-corrected chi connectivity index (χ1v) is 11.0. The molecule has 1 spiro atoms. The number of allylic oxidation sites excluding steroid dienone is 2. The van der Waals surface area contributed by atoms with Crippen molar-refractivity contribution in [2.24, 2.45) is 0 Å². The summed E-state index contributed by atoms with van der Waals surface area (Å²) in [7, 11) is 1.00. The van der Waals surface area contributed by atoms with E-state index in [-0.39, 0.29) is 29.3 Å². The molecule has 3 rings (SSSR count). The van der Waals surface area contributed by atoms with Crippen molar-refractivity contribution in [1.29, 1.82) is 0 Å². The lowest BCUT2D eigenvalue weighted by atomic mass is 9.89. The molecule has 0 radical (unpaired) electrons. The summed E-state index contributed by atoms with van der Waals surface area (Å²) in [4.78, 5) is 38.7. The number of nitrogens with one attached hydrogen (secondary N) is 2. The third-order valence-corrected chi connectivity index (χ3v) is 5.83. The minimum Gasteiger partial charge on any atom is -0.400 e. The fourth-order valence-electron chi connectivity index (χ4n) is 4.38. The first-order chi connectivity index (χ1) is 15.5. The van der Waals surface area contributed by atoms with E-state index >= 15 is 0 Å². The first-order valence-electron chi connectivity index (χ1n) is 10.5. The third kappa shape index (κ3) is 5.19. The highest BCUT2D eigenvalue weighted by Crippen LogP contribution is 2.37. The summed E-state index contributed by atoms with van der Waals surface area (Å²) in [6.07, 6.45) is 9.36. The van der Waals surface area contributed by atoms with E-state index in [9.17, 15) is 18.8 Å². The smallest absolute Gasteiger partial charge is 0.270 e. The van der Waals surface area contributed by atoms with Gasteiger partial charge in [0.1, 0.15) is 11.4 Å². The number of aliphatic hydroxyl groups is 1. The van der Waals surface area contributed by atoms with E-state index in [1.807, 2.05) is 6.92 Å². The second-order valence-corrected chi connectivity index (χ2v) is 7.75. The third-order valence-electron chi connectivity index (χ3n) is 5.70. The Balaban J connectivity index is 0.00000176. The van der Waals surface area contributed by atoms with Crippen molar-refractivity contribution in [2.75, 3.05) is 13.7 Å². The Morgan fingerprint density at radius 3 is 2.59 bits per heavy atom. The summed E-state index contributed by atoms with van der Waals surface area (Å²) in [6, 6.07) is 1.32. The quantitative estimate of drug-likeness (QED) is 0.561. The Hall–Kier alpha value is -2.71. The van der Waals surface area contributed by atoms with Gasteiger partial charge in [0, 0.05) is 25.3 Å². The molecule has 0 aromatic carbocycles. The Kier molecular flexibility index (Phi) is 9.41. The van der Waals surface area contributed by atoms with Crippen LogP contribution in [-0.4, -0.2) is 35.1 Å². The largest absolute Gasteiger partial charge is 0.400 e. The number of pyridine rings is 1. The maximum absolute atomic E-state index is 13.0. The number of nitrogens with zero attached hydrogens (tertiary/aromatic N) is 1. The standard InChI is InChI=1S/C22H25ClFN3O3.CH4O/c1-2-16-17(20(29)25-14-15(8-11-23)7-6-12-24)13-18(28)27-19(16)21(30)26-22(27)9-4-3-5-10-22;1-2/h6-8,11-13H,2-5,9-10,14H2,1H3,(H,25,29)(H,26,30);2H,1H3/b11-8+,12-6+,15-7+;. The number of hydrogen-bond acceptors (Lipinski definition) is 4. The van der Waals surface area contributed by atoms with Crippen LogP contribution in [-0.2, 0) is 12.1 Å². The molecular formula is C23H29ClFN3O4. The van der Waals surface area contributed by atoms with Crippen LogP contribution in [0.1, 0.15) is 65.4 Å². The van der Waals surface area contributed by atoms with Gasteiger partial charge in [-0.15, -0.1) is 0 Å². The molecule has 1 aromatic heterocycles. The topological polar surface area (TPSA) is 100 Å². The fraction of sp³-hybridized carbons (Fsp3) is 0.435. The molecule has 7 nitrogen and oxygen atoms in total. The van der Waals surface area contributed by atoms with E-state index in [1.54, 1.807) is 4.57 Å². The van der Waals surface area contributed by atoms with Gasteiger partial charge in [-0.3, -0.25) is 19.0 Å². The van der Waals surface area contributed by atoms with Crippen LogP contribution in [0, 0.1) is 0 Å². The van der Waals surface area contributed by atoms with Crippen LogP contribution in [0.5, 0.6) is 0 Å². The summed E-state index contributed by atoms with van der Waals surface area (Å²) >= 11 is 5.59. The predicted octanol–water partition coefficient (Wildman–Crippen LogP) is 3.27. The molecule has 3 N–H and O–H groups in total.